The van der Waals surface area contributed by atoms with Crippen LogP contribution in [0.2, 0.25) is 0 Å². The van der Waals surface area contributed by atoms with E-state index in [1.807, 2.05) is 11.8 Å². The lowest BCUT2D eigenvalue weighted by Crippen LogP contribution is -2.45. The van der Waals surface area contributed by atoms with Gasteiger partial charge >= 0.3 is 0 Å². The summed E-state index contributed by atoms with van der Waals surface area (Å²) in [5.41, 5.74) is 5.38. The van der Waals surface area contributed by atoms with Gasteiger partial charge in [0.15, 0.2) is 0 Å². The molecule has 0 spiro atoms. The van der Waals surface area contributed by atoms with E-state index in [9.17, 15) is 4.79 Å². The summed E-state index contributed by atoms with van der Waals surface area (Å²) in [6, 6.07) is 0. The maximum absolute atomic E-state index is 11.7. The summed E-state index contributed by atoms with van der Waals surface area (Å²) in [5, 5.41) is 0. The molecule has 1 atom stereocenters. The largest absolute Gasteiger partial charge is 0.375 e. The summed E-state index contributed by atoms with van der Waals surface area (Å²) in [6.07, 6.45) is 1.16. The van der Waals surface area contributed by atoms with Gasteiger partial charge in [0.25, 0.3) is 0 Å². The minimum atomic E-state index is 0.178. The molecule has 0 radical (unpaired) electrons. The zero-order valence-electron chi connectivity index (χ0n) is 9.28. The summed E-state index contributed by atoms with van der Waals surface area (Å²) in [4.78, 5) is 13.6. The summed E-state index contributed by atoms with van der Waals surface area (Å²) in [5.74, 6) is 1.78. The summed E-state index contributed by atoms with van der Waals surface area (Å²) >= 11 is 1.67. The van der Waals surface area contributed by atoms with E-state index in [1.54, 1.807) is 11.8 Å². The lowest BCUT2D eigenvalue weighted by molar-refractivity contribution is -0.135. The number of thioether (sulfide) groups is 1. The third-order valence-corrected chi connectivity index (χ3v) is 3.34. The first-order valence-corrected chi connectivity index (χ1v) is 6.56. The fourth-order valence-electron chi connectivity index (χ4n) is 1.48. The molecule has 1 heterocycles. The van der Waals surface area contributed by atoms with Crippen molar-refractivity contribution in [3.63, 3.8) is 0 Å². The zero-order valence-corrected chi connectivity index (χ0v) is 10.1. The standard InChI is InChI=1S/C10H20N2O2S/c1-9-7-12(4-5-14-9)10(13)8-15-6-2-3-11/h9H,2-8,11H2,1H3. The molecule has 1 amide bonds. The van der Waals surface area contributed by atoms with Crippen molar-refractivity contribution in [2.75, 3.05) is 37.7 Å². The fraction of sp³-hybridized carbons (Fsp3) is 0.900. The second kappa shape index (κ2) is 7.09. The Morgan fingerprint density at radius 1 is 1.67 bits per heavy atom. The number of morpholine rings is 1. The Hall–Kier alpha value is -0.260. The Morgan fingerprint density at radius 2 is 2.47 bits per heavy atom. The highest BCUT2D eigenvalue weighted by Gasteiger charge is 2.20. The van der Waals surface area contributed by atoms with Crippen molar-refractivity contribution < 1.29 is 9.53 Å². The van der Waals surface area contributed by atoms with Crippen LogP contribution in [0.5, 0.6) is 0 Å². The van der Waals surface area contributed by atoms with Gasteiger partial charge in [-0.15, -0.1) is 0 Å². The van der Waals surface area contributed by atoms with E-state index in [4.69, 9.17) is 10.5 Å². The fourth-order valence-corrected chi connectivity index (χ4v) is 2.35. The highest BCUT2D eigenvalue weighted by atomic mass is 32.2. The van der Waals surface area contributed by atoms with Crippen LogP contribution in [0.25, 0.3) is 0 Å². The van der Waals surface area contributed by atoms with Crippen molar-refractivity contribution in [2.24, 2.45) is 5.73 Å². The number of hydrogen-bond donors (Lipinski definition) is 1. The van der Waals surface area contributed by atoms with Gasteiger partial charge < -0.3 is 15.4 Å². The number of hydrogen-bond acceptors (Lipinski definition) is 4. The van der Waals surface area contributed by atoms with Gasteiger partial charge in [-0.1, -0.05) is 0 Å². The van der Waals surface area contributed by atoms with E-state index >= 15 is 0 Å². The average molecular weight is 232 g/mol. The Balaban J connectivity index is 2.15. The highest BCUT2D eigenvalue weighted by Crippen LogP contribution is 2.08. The molecule has 15 heavy (non-hydrogen) atoms. The molecule has 4 nitrogen and oxygen atoms in total. The zero-order chi connectivity index (χ0) is 11.1. The predicted molar refractivity (Wildman–Crippen MR) is 63.0 cm³/mol. The smallest absolute Gasteiger partial charge is 0.232 e. The number of nitrogens with zero attached hydrogens (tertiary/aromatic N) is 1. The minimum Gasteiger partial charge on any atom is -0.375 e. The maximum Gasteiger partial charge on any atom is 0.232 e. The van der Waals surface area contributed by atoms with Gasteiger partial charge in [0, 0.05) is 13.1 Å². The third-order valence-electron chi connectivity index (χ3n) is 2.31. The van der Waals surface area contributed by atoms with Gasteiger partial charge in [-0.25, -0.2) is 0 Å². The Morgan fingerprint density at radius 3 is 3.13 bits per heavy atom. The quantitative estimate of drug-likeness (QED) is 0.693. The molecule has 88 valence electrons. The number of carbonyl (C=O) groups is 1. The second-order valence-electron chi connectivity index (χ2n) is 3.72. The van der Waals surface area contributed by atoms with Crippen molar-refractivity contribution in [1.29, 1.82) is 0 Å². The number of ether oxygens (including phenoxy) is 1. The van der Waals surface area contributed by atoms with Crippen molar-refractivity contribution in [3.8, 4) is 0 Å². The summed E-state index contributed by atoms with van der Waals surface area (Å²) in [7, 11) is 0. The van der Waals surface area contributed by atoms with E-state index in [0.717, 1.165) is 25.3 Å². The van der Waals surface area contributed by atoms with Gasteiger partial charge in [-0.2, -0.15) is 11.8 Å². The maximum atomic E-state index is 11.7. The van der Waals surface area contributed by atoms with Crippen LogP contribution in [0.15, 0.2) is 0 Å². The molecule has 0 aromatic carbocycles. The Bertz CT molecular complexity index is 202. The van der Waals surface area contributed by atoms with E-state index in [-0.39, 0.29) is 12.0 Å². The first-order chi connectivity index (χ1) is 7.24. The van der Waals surface area contributed by atoms with Crippen LogP contribution >= 0.6 is 11.8 Å². The van der Waals surface area contributed by atoms with Gasteiger partial charge in [0.2, 0.25) is 5.91 Å². The van der Waals surface area contributed by atoms with Crippen LogP contribution in [0.4, 0.5) is 0 Å². The molecular formula is C10H20N2O2S. The summed E-state index contributed by atoms with van der Waals surface area (Å²) in [6.45, 7) is 4.84. The molecule has 5 heteroatoms. The molecule has 1 aliphatic rings. The van der Waals surface area contributed by atoms with E-state index in [2.05, 4.69) is 0 Å². The average Bonchev–Trinajstić information content (AvgIpc) is 2.24. The molecule has 1 fully saturated rings. The molecule has 2 N–H and O–H groups in total. The van der Waals surface area contributed by atoms with Crippen LogP contribution in [-0.4, -0.2) is 54.7 Å². The van der Waals surface area contributed by atoms with Crippen molar-refractivity contribution in [1.82, 2.24) is 4.90 Å². The van der Waals surface area contributed by atoms with E-state index < -0.39 is 0 Å². The second-order valence-corrected chi connectivity index (χ2v) is 4.82. The topological polar surface area (TPSA) is 55.6 Å². The third kappa shape index (κ3) is 4.86. The Kier molecular flexibility index (Phi) is 6.05. The molecule has 1 unspecified atom stereocenters. The molecule has 1 saturated heterocycles. The van der Waals surface area contributed by atoms with Crippen LogP contribution in [0, 0.1) is 0 Å². The van der Waals surface area contributed by atoms with Crippen molar-refractivity contribution >= 4 is 17.7 Å². The molecule has 1 aliphatic heterocycles. The van der Waals surface area contributed by atoms with Gasteiger partial charge in [-0.3, -0.25) is 4.79 Å². The first-order valence-electron chi connectivity index (χ1n) is 5.41. The molecule has 0 aromatic rings. The van der Waals surface area contributed by atoms with Crippen LogP contribution in [0.3, 0.4) is 0 Å². The van der Waals surface area contributed by atoms with Gasteiger partial charge in [0.05, 0.1) is 18.5 Å². The normalized spacial score (nSPS) is 21.7. The summed E-state index contributed by atoms with van der Waals surface area (Å²) < 4.78 is 5.38. The number of rotatable bonds is 5. The van der Waals surface area contributed by atoms with E-state index in [0.29, 0.717) is 18.9 Å². The van der Waals surface area contributed by atoms with Crippen LogP contribution < -0.4 is 5.73 Å². The van der Waals surface area contributed by atoms with Crippen LogP contribution in [-0.2, 0) is 9.53 Å². The lowest BCUT2D eigenvalue weighted by Gasteiger charge is -2.31. The molecule has 1 rings (SSSR count). The van der Waals surface area contributed by atoms with Gasteiger partial charge in [-0.05, 0) is 25.6 Å². The molecule has 0 bridgehead atoms. The molecule has 0 aromatic heterocycles. The molecule has 0 saturated carbocycles. The van der Waals surface area contributed by atoms with Crippen LogP contribution in [0.1, 0.15) is 13.3 Å². The van der Waals surface area contributed by atoms with Gasteiger partial charge in [0.1, 0.15) is 0 Å². The SMILES string of the molecule is CC1CN(C(=O)CSCCCN)CCO1. The molecular weight excluding hydrogens is 212 g/mol. The molecule has 0 aliphatic carbocycles. The van der Waals surface area contributed by atoms with Crippen molar-refractivity contribution in [3.05, 3.63) is 0 Å². The monoisotopic (exact) mass is 232 g/mol. The number of amides is 1. The minimum absolute atomic E-state index is 0.178. The number of nitrogens with two attached hydrogens (primary N) is 1. The predicted octanol–water partition coefficient (Wildman–Crippen LogP) is 0.316. The highest BCUT2D eigenvalue weighted by molar-refractivity contribution is 7.99. The number of carbonyl (C=O) groups excluding carboxylic acids is 1. The van der Waals surface area contributed by atoms with E-state index in [1.165, 1.54) is 0 Å². The lowest BCUT2D eigenvalue weighted by atomic mass is 10.3. The Labute approximate surface area is 95.5 Å². The first kappa shape index (κ1) is 12.8. The van der Waals surface area contributed by atoms with Crippen molar-refractivity contribution in [2.45, 2.75) is 19.4 Å².